The first-order chi connectivity index (χ1) is 8.02. The molecule has 0 radical (unpaired) electrons. The summed E-state index contributed by atoms with van der Waals surface area (Å²) in [4.78, 5) is 6.63. The maximum atomic E-state index is 4.23. The molecule has 17 heavy (non-hydrogen) atoms. The number of hydrogen-bond acceptors (Lipinski definition) is 3. The quantitative estimate of drug-likeness (QED) is 0.821. The van der Waals surface area contributed by atoms with Crippen LogP contribution in [0.1, 0.15) is 32.8 Å². The van der Waals surface area contributed by atoms with Crippen LogP contribution in [0.3, 0.4) is 0 Å². The smallest absolute Gasteiger partial charge is 0.125 e. The maximum absolute atomic E-state index is 4.23. The van der Waals surface area contributed by atoms with Crippen LogP contribution in [0.2, 0.25) is 0 Å². The van der Waals surface area contributed by atoms with Crippen molar-refractivity contribution in [3.63, 3.8) is 0 Å². The second-order valence-electron chi connectivity index (χ2n) is 5.19. The van der Waals surface area contributed by atoms with Gasteiger partial charge in [0.2, 0.25) is 0 Å². The zero-order valence-corrected chi connectivity index (χ0v) is 11.7. The van der Waals surface area contributed by atoms with Gasteiger partial charge in [-0.15, -0.1) is 0 Å². The monoisotopic (exact) mass is 235 g/mol. The molecule has 1 atom stereocenters. The van der Waals surface area contributed by atoms with Crippen LogP contribution in [0, 0.1) is 5.92 Å². The molecular formula is C14H25N3. The Morgan fingerprint density at radius 3 is 2.65 bits per heavy atom. The van der Waals surface area contributed by atoms with E-state index in [0.29, 0.717) is 6.04 Å². The molecule has 1 heterocycles. The summed E-state index contributed by atoms with van der Waals surface area (Å²) in [5, 5.41) is 3.07. The number of rotatable bonds is 6. The van der Waals surface area contributed by atoms with Gasteiger partial charge in [0.1, 0.15) is 5.82 Å². The van der Waals surface area contributed by atoms with Crippen molar-refractivity contribution >= 4 is 5.82 Å². The minimum Gasteiger partial charge on any atom is -0.373 e. The molecule has 0 fully saturated rings. The van der Waals surface area contributed by atoms with Gasteiger partial charge in [0.15, 0.2) is 0 Å². The third-order valence-electron chi connectivity index (χ3n) is 3.08. The van der Waals surface area contributed by atoms with E-state index < -0.39 is 0 Å². The molecule has 0 aliphatic carbocycles. The van der Waals surface area contributed by atoms with Gasteiger partial charge in [0.05, 0.1) is 0 Å². The second-order valence-corrected chi connectivity index (χ2v) is 5.19. The van der Waals surface area contributed by atoms with Crippen LogP contribution < -0.4 is 5.32 Å². The van der Waals surface area contributed by atoms with Crippen molar-refractivity contribution in [2.75, 3.05) is 19.4 Å². The lowest BCUT2D eigenvalue weighted by atomic mass is 10.0. The summed E-state index contributed by atoms with van der Waals surface area (Å²) in [6.07, 6.45) is 3.10. The van der Waals surface area contributed by atoms with Crippen LogP contribution in [0.25, 0.3) is 0 Å². The first kappa shape index (κ1) is 14.0. The Kier molecular flexibility index (Phi) is 5.42. The van der Waals surface area contributed by atoms with Gasteiger partial charge < -0.3 is 5.32 Å². The van der Waals surface area contributed by atoms with Crippen molar-refractivity contribution in [3.8, 4) is 0 Å². The molecule has 3 nitrogen and oxygen atoms in total. The highest BCUT2D eigenvalue weighted by Crippen LogP contribution is 2.14. The van der Waals surface area contributed by atoms with Crippen LogP contribution in [-0.4, -0.2) is 30.0 Å². The molecule has 1 rings (SSSR count). The van der Waals surface area contributed by atoms with Crippen molar-refractivity contribution in [3.05, 3.63) is 23.9 Å². The van der Waals surface area contributed by atoms with Crippen molar-refractivity contribution in [1.29, 1.82) is 0 Å². The summed E-state index contributed by atoms with van der Waals surface area (Å²) >= 11 is 0. The highest BCUT2D eigenvalue weighted by Gasteiger charge is 2.11. The van der Waals surface area contributed by atoms with Crippen molar-refractivity contribution in [2.24, 2.45) is 5.92 Å². The average Bonchev–Trinajstić information content (AvgIpc) is 2.28. The Morgan fingerprint density at radius 1 is 1.35 bits per heavy atom. The number of nitrogens with zero attached hydrogens (tertiary/aromatic N) is 2. The number of pyridine rings is 1. The van der Waals surface area contributed by atoms with Gasteiger partial charge in [-0.25, -0.2) is 4.98 Å². The fourth-order valence-electron chi connectivity index (χ4n) is 2.02. The van der Waals surface area contributed by atoms with E-state index in [1.165, 1.54) is 12.0 Å². The largest absolute Gasteiger partial charge is 0.373 e. The first-order valence-corrected chi connectivity index (χ1v) is 6.35. The van der Waals surface area contributed by atoms with Gasteiger partial charge in [0, 0.05) is 25.8 Å². The molecule has 96 valence electrons. The summed E-state index contributed by atoms with van der Waals surface area (Å²) in [5.74, 6) is 1.69. The fourth-order valence-corrected chi connectivity index (χ4v) is 2.02. The number of anilines is 1. The topological polar surface area (TPSA) is 28.2 Å². The fraction of sp³-hybridized carbons (Fsp3) is 0.643. The molecule has 1 unspecified atom stereocenters. The minimum absolute atomic E-state index is 0.612. The summed E-state index contributed by atoms with van der Waals surface area (Å²) in [6, 6.07) is 4.80. The van der Waals surface area contributed by atoms with E-state index >= 15 is 0 Å². The van der Waals surface area contributed by atoms with E-state index in [4.69, 9.17) is 0 Å². The van der Waals surface area contributed by atoms with E-state index in [1.807, 2.05) is 13.2 Å². The van der Waals surface area contributed by atoms with Crippen molar-refractivity contribution in [1.82, 2.24) is 9.88 Å². The van der Waals surface area contributed by atoms with Crippen molar-refractivity contribution < 1.29 is 0 Å². The van der Waals surface area contributed by atoms with E-state index in [9.17, 15) is 0 Å². The Labute approximate surface area is 105 Å². The van der Waals surface area contributed by atoms with E-state index in [1.54, 1.807) is 0 Å². The Bertz CT molecular complexity index is 336. The summed E-state index contributed by atoms with van der Waals surface area (Å²) in [6.45, 7) is 7.82. The highest BCUT2D eigenvalue weighted by atomic mass is 15.1. The highest BCUT2D eigenvalue weighted by molar-refractivity contribution is 5.36. The molecule has 1 aromatic heterocycles. The van der Waals surface area contributed by atoms with E-state index in [0.717, 1.165) is 18.3 Å². The van der Waals surface area contributed by atoms with Crippen LogP contribution in [0.15, 0.2) is 18.3 Å². The lowest BCUT2D eigenvalue weighted by Crippen LogP contribution is -2.29. The Morgan fingerprint density at radius 2 is 2.06 bits per heavy atom. The van der Waals surface area contributed by atoms with Gasteiger partial charge in [-0.3, -0.25) is 4.90 Å². The van der Waals surface area contributed by atoms with E-state index in [-0.39, 0.29) is 0 Å². The molecule has 0 aliphatic rings. The lowest BCUT2D eigenvalue weighted by molar-refractivity contribution is 0.220. The molecule has 0 aromatic carbocycles. The van der Waals surface area contributed by atoms with Gasteiger partial charge in [0.25, 0.3) is 0 Å². The third-order valence-corrected chi connectivity index (χ3v) is 3.08. The predicted molar refractivity (Wildman–Crippen MR) is 74.2 cm³/mol. The van der Waals surface area contributed by atoms with Crippen LogP contribution >= 0.6 is 0 Å². The lowest BCUT2D eigenvalue weighted by Gasteiger charge is -2.26. The molecule has 1 N–H and O–H groups in total. The molecule has 0 saturated carbocycles. The Balaban J connectivity index is 2.57. The normalized spacial score (nSPS) is 13.1. The Hall–Kier alpha value is -1.09. The number of nitrogens with one attached hydrogen (secondary N) is 1. The zero-order chi connectivity index (χ0) is 12.8. The minimum atomic E-state index is 0.612. The SMILES string of the molecule is CNc1cc(CN(C)C(C)CC(C)C)ccn1. The van der Waals surface area contributed by atoms with Gasteiger partial charge in [-0.1, -0.05) is 13.8 Å². The molecule has 0 bridgehead atoms. The predicted octanol–water partition coefficient (Wildman–Crippen LogP) is 2.99. The summed E-state index contributed by atoms with van der Waals surface area (Å²) in [5.41, 5.74) is 1.31. The standard InChI is InChI=1S/C14H25N3/c1-11(2)8-12(3)17(5)10-13-6-7-16-14(9-13)15-4/h6-7,9,11-12H,8,10H2,1-5H3,(H,15,16). The molecule has 0 saturated heterocycles. The van der Waals surface area contributed by atoms with Crippen LogP contribution in [0.5, 0.6) is 0 Å². The first-order valence-electron chi connectivity index (χ1n) is 6.35. The van der Waals surface area contributed by atoms with Gasteiger partial charge in [-0.2, -0.15) is 0 Å². The van der Waals surface area contributed by atoms with Gasteiger partial charge >= 0.3 is 0 Å². The zero-order valence-electron chi connectivity index (χ0n) is 11.7. The van der Waals surface area contributed by atoms with Crippen molar-refractivity contribution in [2.45, 2.75) is 39.8 Å². The summed E-state index contributed by atoms with van der Waals surface area (Å²) in [7, 11) is 4.09. The number of hydrogen-bond donors (Lipinski definition) is 1. The molecule has 1 aromatic rings. The third kappa shape index (κ3) is 4.73. The van der Waals surface area contributed by atoms with Crippen LogP contribution in [-0.2, 0) is 6.54 Å². The second kappa shape index (κ2) is 6.60. The maximum Gasteiger partial charge on any atom is 0.125 e. The molecular weight excluding hydrogens is 210 g/mol. The number of aromatic nitrogens is 1. The summed E-state index contributed by atoms with van der Waals surface area (Å²) < 4.78 is 0. The van der Waals surface area contributed by atoms with Crippen LogP contribution in [0.4, 0.5) is 5.82 Å². The molecule has 0 aliphatic heterocycles. The molecule has 3 heteroatoms. The van der Waals surface area contributed by atoms with E-state index in [2.05, 4.69) is 55.2 Å². The molecule has 0 amide bonds. The molecule has 0 spiro atoms. The average molecular weight is 235 g/mol. The van der Waals surface area contributed by atoms with Gasteiger partial charge in [-0.05, 0) is 44.0 Å².